The minimum atomic E-state index is 0.0633. The van der Waals surface area contributed by atoms with E-state index in [1.54, 1.807) is 13.2 Å². The number of hydrogen-bond acceptors (Lipinski definition) is 3. The third-order valence-corrected chi connectivity index (χ3v) is 2.60. The molecule has 76 valence electrons. The van der Waals surface area contributed by atoms with Gasteiger partial charge < -0.3 is 9.47 Å². The number of halogens is 1. The zero-order valence-electron chi connectivity index (χ0n) is 7.92. The average Bonchev–Trinajstić information content (AvgIpc) is 2.70. The second-order valence-electron chi connectivity index (χ2n) is 3.14. The highest BCUT2D eigenvalue weighted by molar-refractivity contribution is 6.31. The number of ether oxygens (including phenoxy) is 2. The van der Waals surface area contributed by atoms with Gasteiger partial charge in [0.15, 0.2) is 0 Å². The number of methoxy groups -OCH3 is 1. The van der Waals surface area contributed by atoms with Crippen LogP contribution in [0.1, 0.15) is 11.7 Å². The Hall–Kier alpha value is -0.770. The molecule has 1 unspecified atom stereocenters. The lowest BCUT2D eigenvalue weighted by atomic mass is 10.1. The number of hydrogen-bond donors (Lipinski definition) is 1. The van der Waals surface area contributed by atoms with E-state index >= 15 is 0 Å². The fraction of sp³-hybridized carbons (Fsp3) is 0.400. The van der Waals surface area contributed by atoms with E-state index in [4.69, 9.17) is 21.1 Å². The Labute approximate surface area is 88.0 Å². The van der Waals surface area contributed by atoms with Crippen LogP contribution in [0.2, 0.25) is 5.02 Å². The van der Waals surface area contributed by atoms with Crippen LogP contribution in [0.5, 0.6) is 5.75 Å². The summed E-state index contributed by atoms with van der Waals surface area (Å²) < 4.78 is 10.5. The second kappa shape index (κ2) is 4.17. The fourth-order valence-corrected chi connectivity index (χ4v) is 1.80. The Morgan fingerprint density at radius 1 is 1.57 bits per heavy atom. The van der Waals surface area contributed by atoms with Gasteiger partial charge in [0, 0.05) is 12.1 Å². The van der Waals surface area contributed by atoms with Crippen LogP contribution in [0.25, 0.3) is 0 Å². The highest BCUT2D eigenvalue weighted by Crippen LogP contribution is 2.30. The molecular formula is C10H12ClNO2. The molecule has 0 aromatic heterocycles. The average molecular weight is 214 g/mol. The summed E-state index contributed by atoms with van der Waals surface area (Å²) in [5, 5.41) is 3.81. The normalized spacial score (nSPS) is 21.1. The second-order valence-corrected chi connectivity index (χ2v) is 3.55. The molecule has 0 radical (unpaired) electrons. The molecule has 1 N–H and O–H groups in total. The molecule has 3 nitrogen and oxygen atoms in total. The van der Waals surface area contributed by atoms with E-state index in [0.29, 0.717) is 11.8 Å². The third-order valence-electron chi connectivity index (χ3n) is 2.27. The first-order valence-electron chi connectivity index (χ1n) is 4.47. The van der Waals surface area contributed by atoms with Gasteiger partial charge in [-0.3, -0.25) is 5.32 Å². The third kappa shape index (κ3) is 1.85. The maximum Gasteiger partial charge on any atom is 0.120 e. The number of nitrogens with one attached hydrogen (secondary N) is 1. The number of rotatable bonds is 2. The lowest BCUT2D eigenvalue weighted by Crippen LogP contribution is -2.08. The van der Waals surface area contributed by atoms with Crippen LogP contribution < -0.4 is 10.1 Å². The Balaban J connectivity index is 2.25. The Kier molecular flexibility index (Phi) is 2.91. The van der Waals surface area contributed by atoms with E-state index in [9.17, 15) is 0 Å². The van der Waals surface area contributed by atoms with E-state index in [2.05, 4.69) is 5.32 Å². The summed E-state index contributed by atoms with van der Waals surface area (Å²) in [7, 11) is 1.62. The molecule has 4 heteroatoms. The Morgan fingerprint density at radius 3 is 3.00 bits per heavy atom. The molecule has 1 aromatic carbocycles. The maximum absolute atomic E-state index is 6.10. The highest BCUT2D eigenvalue weighted by Gasteiger charge is 2.19. The van der Waals surface area contributed by atoms with Crippen molar-refractivity contribution in [3.63, 3.8) is 0 Å². The standard InChI is InChI=1S/C10H12ClNO2/c1-13-7-2-3-8(9(11)4-7)10-5-12-6-14-10/h2-4,10,12H,5-6H2,1H3. The van der Waals surface area contributed by atoms with Crippen molar-refractivity contribution in [3.05, 3.63) is 28.8 Å². The van der Waals surface area contributed by atoms with Gasteiger partial charge >= 0.3 is 0 Å². The molecule has 0 amide bonds. The van der Waals surface area contributed by atoms with Crippen molar-refractivity contribution in [3.8, 4) is 5.75 Å². The van der Waals surface area contributed by atoms with Gasteiger partial charge in [-0.05, 0) is 12.1 Å². The Bertz CT molecular complexity index is 324. The zero-order chi connectivity index (χ0) is 9.97. The smallest absolute Gasteiger partial charge is 0.120 e. The predicted octanol–water partition coefficient (Wildman–Crippen LogP) is 1.97. The van der Waals surface area contributed by atoms with Gasteiger partial charge in [-0.2, -0.15) is 0 Å². The topological polar surface area (TPSA) is 30.5 Å². The first-order valence-corrected chi connectivity index (χ1v) is 4.85. The number of benzene rings is 1. The summed E-state index contributed by atoms with van der Waals surface area (Å²) in [4.78, 5) is 0. The quantitative estimate of drug-likeness (QED) is 0.815. The molecule has 0 aliphatic carbocycles. The summed E-state index contributed by atoms with van der Waals surface area (Å²) in [6.07, 6.45) is 0.0633. The van der Waals surface area contributed by atoms with E-state index in [1.165, 1.54) is 0 Å². The summed E-state index contributed by atoms with van der Waals surface area (Å²) in [5.74, 6) is 0.768. The van der Waals surface area contributed by atoms with Crippen LogP contribution in [-0.4, -0.2) is 20.4 Å². The fourth-order valence-electron chi connectivity index (χ4n) is 1.50. The van der Waals surface area contributed by atoms with E-state index in [-0.39, 0.29) is 6.10 Å². The molecule has 0 saturated carbocycles. The lowest BCUT2D eigenvalue weighted by Gasteiger charge is -2.11. The monoisotopic (exact) mass is 213 g/mol. The molecule has 2 rings (SSSR count). The maximum atomic E-state index is 6.10. The van der Waals surface area contributed by atoms with E-state index in [1.807, 2.05) is 12.1 Å². The molecular weight excluding hydrogens is 202 g/mol. The van der Waals surface area contributed by atoms with E-state index < -0.39 is 0 Å². The molecule has 14 heavy (non-hydrogen) atoms. The van der Waals surface area contributed by atoms with Crippen molar-refractivity contribution >= 4 is 11.6 Å². The molecule has 1 fully saturated rings. The van der Waals surface area contributed by atoms with Crippen LogP contribution in [0.15, 0.2) is 18.2 Å². The molecule has 1 aliphatic rings. The first-order chi connectivity index (χ1) is 6.81. The van der Waals surface area contributed by atoms with Crippen molar-refractivity contribution in [2.45, 2.75) is 6.10 Å². The van der Waals surface area contributed by atoms with Gasteiger partial charge in [-0.1, -0.05) is 17.7 Å². The van der Waals surface area contributed by atoms with E-state index in [0.717, 1.165) is 17.9 Å². The summed E-state index contributed by atoms with van der Waals surface area (Å²) in [6, 6.07) is 5.64. The summed E-state index contributed by atoms with van der Waals surface area (Å²) >= 11 is 6.10. The van der Waals surface area contributed by atoms with Crippen LogP contribution >= 0.6 is 11.6 Å². The van der Waals surface area contributed by atoms with Crippen molar-refractivity contribution in [1.29, 1.82) is 0 Å². The molecule has 0 spiro atoms. The van der Waals surface area contributed by atoms with Crippen LogP contribution in [0.4, 0.5) is 0 Å². The van der Waals surface area contributed by atoms with Gasteiger partial charge in [-0.15, -0.1) is 0 Å². The SMILES string of the molecule is COc1ccc(C2CNCO2)c(Cl)c1. The molecule has 1 aliphatic heterocycles. The van der Waals surface area contributed by atoms with Crippen molar-refractivity contribution in [2.75, 3.05) is 20.4 Å². The zero-order valence-corrected chi connectivity index (χ0v) is 8.67. The Morgan fingerprint density at radius 2 is 2.43 bits per heavy atom. The molecule has 1 saturated heterocycles. The van der Waals surface area contributed by atoms with Gasteiger partial charge in [0.1, 0.15) is 5.75 Å². The molecule has 0 bridgehead atoms. The van der Waals surface area contributed by atoms with Crippen molar-refractivity contribution in [1.82, 2.24) is 5.32 Å². The van der Waals surface area contributed by atoms with Gasteiger partial charge in [0.2, 0.25) is 0 Å². The van der Waals surface area contributed by atoms with Crippen molar-refractivity contribution < 1.29 is 9.47 Å². The van der Waals surface area contributed by atoms with Crippen LogP contribution in [0.3, 0.4) is 0 Å². The van der Waals surface area contributed by atoms with Crippen LogP contribution in [-0.2, 0) is 4.74 Å². The summed E-state index contributed by atoms with van der Waals surface area (Å²) in [5.41, 5.74) is 1.01. The van der Waals surface area contributed by atoms with Gasteiger partial charge in [0.05, 0.1) is 25.0 Å². The largest absolute Gasteiger partial charge is 0.497 e. The lowest BCUT2D eigenvalue weighted by molar-refractivity contribution is 0.114. The first kappa shape index (κ1) is 9.77. The minimum absolute atomic E-state index is 0.0633. The minimum Gasteiger partial charge on any atom is -0.497 e. The summed E-state index contributed by atoms with van der Waals surface area (Å²) in [6.45, 7) is 1.40. The van der Waals surface area contributed by atoms with Crippen LogP contribution in [0, 0.1) is 0 Å². The molecule has 1 aromatic rings. The highest BCUT2D eigenvalue weighted by atomic mass is 35.5. The van der Waals surface area contributed by atoms with Gasteiger partial charge in [-0.25, -0.2) is 0 Å². The van der Waals surface area contributed by atoms with Crippen molar-refractivity contribution in [2.24, 2.45) is 0 Å². The molecule has 1 atom stereocenters. The van der Waals surface area contributed by atoms with Gasteiger partial charge in [0.25, 0.3) is 0 Å². The predicted molar refractivity (Wildman–Crippen MR) is 54.7 cm³/mol. The molecule has 1 heterocycles.